The molecule has 0 saturated heterocycles. The van der Waals surface area contributed by atoms with E-state index in [0.717, 1.165) is 11.1 Å². The molecular weight excluding hydrogens is 436 g/mol. The van der Waals surface area contributed by atoms with Gasteiger partial charge in [0.25, 0.3) is 5.91 Å². The summed E-state index contributed by atoms with van der Waals surface area (Å²) in [7, 11) is 1.58. The molecule has 2 aromatic carbocycles. The lowest BCUT2D eigenvalue weighted by Crippen LogP contribution is -2.17. The standard InChI is InChI=1S/C26H28N2O6/c1-17(2)15-34-26(30)20-6-8-22(9-7-20)33-16-21-13-19(5-10-24(21)31-4)14-27-28-25(29)23-11-12-32-18(23)3/h5-14,17H,15-16H2,1-4H3,(H,28,29)/b27-14-. The first-order valence-electron chi connectivity index (χ1n) is 10.8. The van der Waals surface area contributed by atoms with Gasteiger partial charge in [-0.25, -0.2) is 10.2 Å². The number of nitrogens with zero attached hydrogens (tertiary/aromatic N) is 1. The molecule has 178 valence electrons. The van der Waals surface area contributed by atoms with Crippen molar-refractivity contribution in [3.05, 3.63) is 82.8 Å². The van der Waals surface area contributed by atoms with Crippen LogP contribution in [0.3, 0.4) is 0 Å². The second-order valence-corrected chi connectivity index (χ2v) is 7.97. The Bertz CT molecular complexity index is 1150. The number of aryl methyl sites for hydroxylation is 1. The number of methoxy groups -OCH3 is 1. The molecule has 0 saturated carbocycles. The van der Waals surface area contributed by atoms with Crippen LogP contribution in [-0.4, -0.2) is 31.8 Å². The van der Waals surface area contributed by atoms with E-state index in [2.05, 4.69) is 10.5 Å². The van der Waals surface area contributed by atoms with E-state index in [1.807, 2.05) is 26.0 Å². The highest BCUT2D eigenvalue weighted by molar-refractivity contribution is 5.95. The second kappa shape index (κ2) is 11.7. The van der Waals surface area contributed by atoms with E-state index in [-0.39, 0.29) is 24.4 Å². The van der Waals surface area contributed by atoms with Crippen LogP contribution >= 0.6 is 0 Å². The van der Waals surface area contributed by atoms with Crippen LogP contribution in [0.2, 0.25) is 0 Å². The minimum Gasteiger partial charge on any atom is -0.496 e. The fourth-order valence-corrected chi connectivity index (χ4v) is 3.01. The van der Waals surface area contributed by atoms with Crippen LogP contribution in [0.25, 0.3) is 0 Å². The Morgan fingerprint density at radius 3 is 2.53 bits per heavy atom. The number of hydrazone groups is 1. The molecule has 0 aliphatic rings. The molecule has 34 heavy (non-hydrogen) atoms. The van der Waals surface area contributed by atoms with Gasteiger partial charge in [-0.1, -0.05) is 13.8 Å². The molecule has 0 atom stereocenters. The van der Waals surface area contributed by atoms with Crippen LogP contribution in [0.15, 0.2) is 64.3 Å². The van der Waals surface area contributed by atoms with Gasteiger partial charge in [0.1, 0.15) is 23.9 Å². The van der Waals surface area contributed by atoms with Crippen LogP contribution < -0.4 is 14.9 Å². The topological polar surface area (TPSA) is 99.4 Å². The monoisotopic (exact) mass is 464 g/mol. The molecule has 1 heterocycles. The lowest BCUT2D eigenvalue weighted by atomic mass is 10.1. The number of furan rings is 1. The molecule has 3 aromatic rings. The quantitative estimate of drug-likeness (QED) is 0.264. The molecule has 0 radical (unpaired) electrons. The van der Waals surface area contributed by atoms with Gasteiger partial charge in [-0.15, -0.1) is 0 Å². The minimum atomic E-state index is -0.357. The number of esters is 1. The van der Waals surface area contributed by atoms with Crippen LogP contribution in [0, 0.1) is 12.8 Å². The maximum absolute atomic E-state index is 12.1. The highest BCUT2D eigenvalue weighted by Crippen LogP contribution is 2.22. The van der Waals surface area contributed by atoms with Crippen molar-refractivity contribution in [2.75, 3.05) is 13.7 Å². The summed E-state index contributed by atoms with van der Waals surface area (Å²) in [5.41, 5.74) is 4.93. The van der Waals surface area contributed by atoms with Crippen LogP contribution in [0.1, 0.15) is 51.5 Å². The summed E-state index contributed by atoms with van der Waals surface area (Å²) in [4.78, 5) is 24.2. The summed E-state index contributed by atoms with van der Waals surface area (Å²) < 4.78 is 21.7. The van der Waals surface area contributed by atoms with Gasteiger partial charge in [0.2, 0.25) is 0 Å². The molecule has 1 amide bonds. The first-order chi connectivity index (χ1) is 16.4. The van der Waals surface area contributed by atoms with Crippen LogP contribution in [0.5, 0.6) is 11.5 Å². The van der Waals surface area contributed by atoms with Crippen molar-refractivity contribution in [3.63, 3.8) is 0 Å². The predicted molar refractivity (Wildman–Crippen MR) is 127 cm³/mol. The zero-order valence-electron chi connectivity index (χ0n) is 19.7. The van der Waals surface area contributed by atoms with Gasteiger partial charge in [0.15, 0.2) is 0 Å². The van der Waals surface area contributed by atoms with Crippen molar-refractivity contribution in [1.82, 2.24) is 5.43 Å². The lowest BCUT2D eigenvalue weighted by molar-refractivity contribution is 0.0459. The van der Waals surface area contributed by atoms with Gasteiger partial charge in [0, 0.05) is 5.56 Å². The third-order valence-corrected chi connectivity index (χ3v) is 4.82. The fourth-order valence-electron chi connectivity index (χ4n) is 3.01. The Morgan fingerprint density at radius 2 is 1.88 bits per heavy atom. The molecule has 8 nitrogen and oxygen atoms in total. The Balaban J connectivity index is 1.61. The third-order valence-electron chi connectivity index (χ3n) is 4.82. The summed E-state index contributed by atoms with van der Waals surface area (Å²) in [6.07, 6.45) is 2.99. The summed E-state index contributed by atoms with van der Waals surface area (Å²) in [6, 6.07) is 13.8. The number of rotatable bonds is 10. The molecule has 0 unspecified atom stereocenters. The van der Waals surface area contributed by atoms with Gasteiger partial charge < -0.3 is 18.6 Å². The van der Waals surface area contributed by atoms with Gasteiger partial charge in [-0.05, 0) is 66.9 Å². The van der Waals surface area contributed by atoms with Crippen molar-refractivity contribution in [2.24, 2.45) is 11.0 Å². The third kappa shape index (κ3) is 6.71. The largest absolute Gasteiger partial charge is 0.496 e. The van der Waals surface area contributed by atoms with E-state index < -0.39 is 0 Å². The normalized spacial score (nSPS) is 11.0. The minimum absolute atomic E-state index is 0.239. The van der Waals surface area contributed by atoms with E-state index in [1.165, 1.54) is 12.5 Å². The molecular formula is C26H28N2O6. The van der Waals surface area contributed by atoms with Crippen LogP contribution in [0.4, 0.5) is 0 Å². The smallest absolute Gasteiger partial charge is 0.338 e. The summed E-state index contributed by atoms with van der Waals surface area (Å²) >= 11 is 0. The Labute approximate surface area is 198 Å². The molecule has 0 aliphatic heterocycles. The first kappa shape index (κ1) is 24.6. The molecule has 8 heteroatoms. The second-order valence-electron chi connectivity index (χ2n) is 7.97. The van der Waals surface area contributed by atoms with Crippen molar-refractivity contribution < 1.29 is 28.2 Å². The molecule has 0 bridgehead atoms. The van der Waals surface area contributed by atoms with Gasteiger partial charge in [0.05, 0.1) is 37.3 Å². The number of carbonyl (C=O) groups is 2. The van der Waals surface area contributed by atoms with Crippen molar-refractivity contribution >= 4 is 18.1 Å². The number of carbonyl (C=O) groups excluding carboxylic acids is 2. The fraction of sp³-hybridized carbons (Fsp3) is 0.269. The van der Waals surface area contributed by atoms with E-state index in [1.54, 1.807) is 50.4 Å². The number of nitrogens with one attached hydrogen (secondary N) is 1. The Hall–Kier alpha value is -4.07. The SMILES string of the molecule is COc1ccc(/C=N\NC(=O)c2ccoc2C)cc1COc1ccc(C(=O)OCC(C)C)cc1. The number of hydrogen-bond acceptors (Lipinski definition) is 7. The van der Waals surface area contributed by atoms with E-state index >= 15 is 0 Å². The number of benzene rings is 2. The molecule has 1 aromatic heterocycles. The first-order valence-corrected chi connectivity index (χ1v) is 10.8. The average Bonchev–Trinajstić information content (AvgIpc) is 3.27. The maximum atomic E-state index is 12.1. The highest BCUT2D eigenvalue weighted by Gasteiger charge is 2.11. The van der Waals surface area contributed by atoms with Gasteiger partial charge in [-0.2, -0.15) is 5.10 Å². The van der Waals surface area contributed by atoms with Crippen molar-refractivity contribution in [3.8, 4) is 11.5 Å². The van der Waals surface area contributed by atoms with Gasteiger partial charge >= 0.3 is 5.97 Å². The molecule has 1 N–H and O–H groups in total. The van der Waals surface area contributed by atoms with E-state index in [9.17, 15) is 9.59 Å². The molecule has 0 spiro atoms. The van der Waals surface area contributed by atoms with E-state index in [0.29, 0.717) is 35.0 Å². The predicted octanol–water partition coefficient (Wildman–Crippen LogP) is 4.75. The average molecular weight is 465 g/mol. The number of hydrogen-bond donors (Lipinski definition) is 1. The van der Waals surface area contributed by atoms with Crippen molar-refractivity contribution in [1.29, 1.82) is 0 Å². The summed E-state index contributed by atoms with van der Waals surface area (Å²) in [6.45, 7) is 6.29. The van der Waals surface area contributed by atoms with Crippen LogP contribution in [-0.2, 0) is 11.3 Å². The molecule has 0 aliphatic carbocycles. The number of ether oxygens (including phenoxy) is 3. The maximum Gasteiger partial charge on any atom is 0.338 e. The molecule has 3 rings (SSSR count). The molecule has 0 fully saturated rings. The Kier molecular flexibility index (Phi) is 8.45. The highest BCUT2D eigenvalue weighted by atomic mass is 16.5. The summed E-state index contributed by atoms with van der Waals surface area (Å²) in [5.74, 6) is 1.35. The van der Waals surface area contributed by atoms with Crippen molar-refractivity contribution in [2.45, 2.75) is 27.4 Å². The lowest BCUT2D eigenvalue weighted by Gasteiger charge is -2.12. The summed E-state index contributed by atoms with van der Waals surface area (Å²) in [5, 5.41) is 4.01. The number of amides is 1. The Morgan fingerprint density at radius 1 is 1.12 bits per heavy atom. The van der Waals surface area contributed by atoms with Gasteiger partial charge in [-0.3, -0.25) is 4.79 Å². The zero-order valence-corrected chi connectivity index (χ0v) is 19.7. The van der Waals surface area contributed by atoms with E-state index in [4.69, 9.17) is 18.6 Å². The zero-order chi connectivity index (χ0) is 24.5.